The summed E-state index contributed by atoms with van der Waals surface area (Å²) < 4.78 is 17.2. The zero-order valence-electron chi connectivity index (χ0n) is 10.6. The highest BCUT2D eigenvalue weighted by atomic mass is 35.5. The van der Waals surface area contributed by atoms with Gasteiger partial charge in [0.15, 0.2) is 6.29 Å². The Kier molecular flexibility index (Phi) is 5.54. The van der Waals surface area contributed by atoms with E-state index < -0.39 is 0 Å². The molecule has 2 fully saturated rings. The van der Waals surface area contributed by atoms with Gasteiger partial charge < -0.3 is 14.2 Å². The molecule has 0 aromatic rings. The number of alkyl halides is 1. The lowest BCUT2D eigenvalue weighted by atomic mass is 9.88. The average molecular weight is 263 g/mol. The van der Waals surface area contributed by atoms with E-state index in [2.05, 4.69) is 6.92 Å². The number of rotatable bonds is 4. The zero-order valence-corrected chi connectivity index (χ0v) is 11.3. The fourth-order valence-corrected chi connectivity index (χ4v) is 2.76. The summed E-state index contributed by atoms with van der Waals surface area (Å²) in [5.41, 5.74) is 0. The molecule has 1 saturated carbocycles. The molecule has 3 nitrogen and oxygen atoms in total. The predicted octanol–water partition coefficient (Wildman–Crippen LogP) is 2.95. The van der Waals surface area contributed by atoms with Crippen LogP contribution >= 0.6 is 11.6 Å². The molecule has 0 spiro atoms. The fraction of sp³-hybridized carbons (Fsp3) is 1.00. The molecule has 0 radical (unpaired) electrons. The third kappa shape index (κ3) is 4.09. The van der Waals surface area contributed by atoms with Crippen LogP contribution in [0.4, 0.5) is 0 Å². The molecule has 2 aliphatic rings. The summed E-state index contributed by atoms with van der Waals surface area (Å²) in [6, 6.07) is 0. The number of hydrogen-bond acceptors (Lipinski definition) is 3. The SMILES string of the molecule is CCCO[C@H]1CO[C@H]([C@H]2CC[C@H](Cl)CC2)OC1. The molecule has 0 unspecified atom stereocenters. The zero-order chi connectivity index (χ0) is 12.1. The van der Waals surface area contributed by atoms with Crippen LogP contribution in [0.1, 0.15) is 39.0 Å². The van der Waals surface area contributed by atoms with Crippen molar-refractivity contribution in [1.82, 2.24) is 0 Å². The molecule has 0 amide bonds. The maximum absolute atomic E-state index is 6.10. The van der Waals surface area contributed by atoms with E-state index in [-0.39, 0.29) is 12.4 Å². The Balaban J connectivity index is 1.68. The van der Waals surface area contributed by atoms with Crippen molar-refractivity contribution < 1.29 is 14.2 Å². The first kappa shape index (κ1) is 13.6. The van der Waals surface area contributed by atoms with E-state index in [4.69, 9.17) is 25.8 Å². The molecule has 1 aliphatic heterocycles. The maximum atomic E-state index is 6.10. The normalized spacial score (nSPS) is 39.2. The first-order valence-corrected chi connectivity index (χ1v) is 7.22. The molecule has 1 saturated heterocycles. The van der Waals surface area contributed by atoms with Gasteiger partial charge in [0, 0.05) is 17.9 Å². The Hall–Kier alpha value is 0.170. The molecular formula is C13H23ClO3. The molecule has 0 N–H and O–H groups in total. The summed E-state index contributed by atoms with van der Waals surface area (Å²) in [5.74, 6) is 0.525. The summed E-state index contributed by atoms with van der Waals surface area (Å²) >= 11 is 6.10. The van der Waals surface area contributed by atoms with Crippen molar-refractivity contribution in [3.8, 4) is 0 Å². The van der Waals surface area contributed by atoms with Crippen LogP contribution in [-0.2, 0) is 14.2 Å². The van der Waals surface area contributed by atoms with Crippen molar-refractivity contribution in [2.75, 3.05) is 19.8 Å². The minimum atomic E-state index is -0.0272. The van der Waals surface area contributed by atoms with Gasteiger partial charge in [-0.3, -0.25) is 0 Å². The van der Waals surface area contributed by atoms with Crippen LogP contribution in [0.25, 0.3) is 0 Å². The molecule has 0 aromatic carbocycles. The standard InChI is InChI=1S/C13H23ClO3/c1-2-7-15-12-8-16-13(17-9-12)10-3-5-11(14)6-4-10/h10-13H,2-9H2,1H3/t10-,11-,12-,13-. The van der Waals surface area contributed by atoms with Crippen LogP contribution in [0, 0.1) is 5.92 Å². The van der Waals surface area contributed by atoms with Gasteiger partial charge in [-0.05, 0) is 32.1 Å². The van der Waals surface area contributed by atoms with Gasteiger partial charge in [-0.2, -0.15) is 0 Å². The highest BCUT2D eigenvalue weighted by molar-refractivity contribution is 6.20. The van der Waals surface area contributed by atoms with Gasteiger partial charge in [0.1, 0.15) is 6.10 Å². The highest BCUT2D eigenvalue weighted by Gasteiger charge is 2.32. The molecule has 4 heteroatoms. The molecule has 2 rings (SSSR count). The van der Waals surface area contributed by atoms with Gasteiger partial charge in [-0.15, -0.1) is 11.6 Å². The monoisotopic (exact) mass is 262 g/mol. The van der Waals surface area contributed by atoms with Gasteiger partial charge in [0.2, 0.25) is 0 Å². The Morgan fingerprint density at radius 2 is 1.76 bits per heavy atom. The molecule has 0 bridgehead atoms. The van der Waals surface area contributed by atoms with Crippen molar-refractivity contribution in [2.45, 2.75) is 56.8 Å². The topological polar surface area (TPSA) is 27.7 Å². The van der Waals surface area contributed by atoms with Crippen molar-refractivity contribution in [2.24, 2.45) is 5.92 Å². The van der Waals surface area contributed by atoms with Crippen molar-refractivity contribution >= 4 is 11.6 Å². The maximum Gasteiger partial charge on any atom is 0.160 e. The molecule has 0 aromatic heterocycles. The van der Waals surface area contributed by atoms with Gasteiger partial charge in [-0.25, -0.2) is 0 Å². The van der Waals surface area contributed by atoms with E-state index in [1.165, 1.54) is 0 Å². The number of halogens is 1. The summed E-state index contributed by atoms with van der Waals surface area (Å²) in [6.45, 7) is 4.24. The minimum Gasteiger partial charge on any atom is -0.373 e. The predicted molar refractivity (Wildman–Crippen MR) is 67.3 cm³/mol. The highest BCUT2D eigenvalue weighted by Crippen LogP contribution is 2.32. The van der Waals surface area contributed by atoms with E-state index in [1.54, 1.807) is 0 Å². The third-order valence-electron chi connectivity index (χ3n) is 3.54. The van der Waals surface area contributed by atoms with E-state index >= 15 is 0 Å². The Morgan fingerprint density at radius 3 is 2.35 bits per heavy atom. The second-order valence-electron chi connectivity index (χ2n) is 5.04. The Bertz CT molecular complexity index is 209. The molecule has 100 valence electrons. The third-order valence-corrected chi connectivity index (χ3v) is 3.97. The van der Waals surface area contributed by atoms with Crippen LogP contribution in [0.5, 0.6) is 0 Å². The van der Waals surface area contributed by atoms with Gasteiger partial charge in [0.05, 0.1) is 13.2 Å². The van der Waals surface area contributed by atoms with E-state index in [0.29, 0.717) is 24.5 Å². The number of ether oxygens (including phenoxy) is 3. The Labute approximate surface area is 109 Å². The second-order valence-corrected chi connectivity index (χ2v) is 5.66. The summed E-state index contributed by atoms with van der Waals surface area (Å²) in [4.78, 5) is 0. The first-order valence-electron chi connectivity index (χ1n) is 6.78. The van der Waals surface area contributed by atoms with Crippen molar-refractivity contribution in [3.05, 3.63) is 0 Å². The van der Waals surface area contributed by atoms with Crippen LogP contribution < -0.4 is 0 Å². The lowest BCUT2D eigenvalue weighted by Crippen LogP contribution is -2.42. The van der Waals surface area contributed by atoms with Gasteiger partial charge in [0.25, 0.3) is 0 Å². The van der Waals surface area contributed by atoms with Crippen molar-refractivity contribution in [1.29, 1.82) is 0 Å². The molecule has 1 aliphatic carbocycles. The largest absolute Gasteiger partial charge is 0.373 e. The van der Waals surface area contributed by atoms with Crippen LogP contribution in [0.2, 0.25) is 0 Å². The summed E-state index contributed by atoms with van der Waals surface area (Å²) in [5, 5.41) is 0.357. The molecule has 1 heterocycles. The van der Waals surface area contributed by atoms with Crippen LogP contribution in [-0.4, -0.2) is 37.6 Å². The van der Waals surface area contributed by atoms with E-state index in [0.717, 1.165) is 38.7 Å². The van der Waals surface area contributed by atoms with Crippen molar-refractivity contribution in [3.63, 3.8) is 0 Å². The summed E-state index contributed by atoms with van der Waals surface area (Å²) in [7, 11) is 0. The van der Waals surface area contributed by atoms with Gasteiger partial charge >= 0.3 is 0 Å². The van der Waals surface area contributed by atoms with Crippen LogP contribution in [0.3, 0.4) is 0 Å². The lowest BCUT2D eigenvalue weighted by molar-refractivity contribution is -0.248. The Morgan fingerprint density at radius 1 is 1.12 bits per heavy atom. The van der Waals surface area contributed by atoms with E-state index in [1.807, 2.05) is 0 Å². The number of hydrogen-bond donors (Lipinski definition) is 0. The first-order chi connectivity index (χ1) is 8.29. The summed E-state index contributed by atoms with van der Waals surface area (Å²) in [6.07, 6.45) is 5.56. The molecule has 17 heavy (non-hydrogen) atoms. The van der Waals surface area contributed by atoms with Crippen LogP contribution in [0.15, 0.2) is 0 Å². The fourth-order valence-electron chi connectivity index (χ4n) is 2.50. The minimum absolute atomic E-state index is 0.0272. The van der Waals surface area contributed by atoms with E-state index in [9.17, 15) is 0 Å². The lowest BCUT2D eigenvalue weighted by Gasteiger charge is -2.36. The van der Waals surface area contributed by atoms with Gasteiger partial charge in [-0.1, -0.05) is 6.92 Å². The second kappa shape index (κ2) is 6.93. The molecular weight excluding hydrogens is 240 g/mol. The smallest absolute Gasteiger partial charge is 0.160 e. The quantitative estimate of drug-likeness (QED) is 0.729. The molecule has 0 atom stereocenters. The average Bonchev–Trinajstić information content (AvgIpc) is 2.38.